The number of hydrogen-bond acceptors (Lipinski definition) is 5. The van der Waals surface area contributed by atoms with Crippen LogP contribution in [0.1, 0.15) is 0 Å². The third-order valence-electron chi connectivity index (χ3n) is 2.51. The van der Waals surface area contributed by atoms with Crippen LogP contribution in [0.2, 0.25) is 0 Å². The molecule has 2 N–H and O–H groups in total. The highest BCUT2D eigenvalue weighted by Crippen LogP contribution is 2.27. The number of benzene rings is 2. The Morgan fingerprint density at radius 2 is 1.84 bits per heavy atom. The van der Waals surface area contributed by atoms with Crippen LogP contribution < -0.4 is 5.73 Å². The van der Waals surface area contributed by atoms with E-state index in [0.29, 0.717) is 5.16 Å². The van der Waals surface area contributed by atoms with E-state index in [0.717, 1.165) is 16.3 Å². The molecule has 0 atom stereocenters. The van der Waals surface area contributed by atoms with Crippen LogP contribution in [0.25, 0.3) is 5.69 Å². The zero-order chi connectivity index (χ0) is 13.1. The van der Waals surface area contributed by atoms with Gasteiger partial charge in [0.15, 0.2) is 0 Å². The summed E-state index contributed by atoms with van der Waals surface area (Å²) in [6, 6.07) is 17.4. The van der Waals surface area contributed by atoms with Gasteiger partial charge in [-0.2, -0.15) is 4.68 Å². The van der Waals surface area contributed by atoms with Gasteiger partial charge in [-0.3, -0.25) is 0 Å². The molecular formula is C13H11N5S. The SMILES string of the molecule is Nc1cccc(Sc2nnnn2-c2ccccc2)c1. The summed E-state index contributed by atoms with van der Waals surface area (Å²) in [6.45, 7) is 0. The lowest BCUT2D eigenvalue weighted by Crippen LogP contribution is -1.98. The Morgan fingerprint density at radius 3 is 2.63 bits per heavy atom. The van der Waals surface area contributed by atoms with Crippen molar-refractivity contribution in [1.29, 1.82) is 0 Å². The molecule has 0 aliphatic carbocycles. The third-order valence-corrected chi connectivity index (χ3v) is 3.44. The minimum absolute atomic E-state index is 0.705. The molecule has 0 aliphatic rings. The first-order valence-corrected chi connectivity index (χ1v) is 6.52. The fourth-order valence-corrected chi connectivity index (χ4v) is 2.52. The van der Waals surface area contributed by atoms with Gasteiger partial charge in [0.25, 0.3) is 0 Å². The van der Waals surface area contributed by atoms with Gasteiger partial charge in [-0.15, -0.1) is 5.10 Å². The standard InChI is InChI=1S/C13H11N5S/c14-10-5-4-8-12(9-10)19-13-15-16-17-18(13)11-6-2-1-3-7-11/h1-9H,14H2. The normalized spacial score (nSPS) is 10.5. The van der Waals surface area contributed by atoms with Gasteiger partial charge < -0.3 is 5.73 Å². The number of nitrogen functional groups attached to an aromatic ring is 1. The maximum absolute atomic E-state index is 5.76. The molecule has 19 heavy (non-hydrogen) atoms. The predicted octanol–water partition coefficient (Wildman–Crippen LogP) is 2.40. The monoisotopic (exact) mass is 269 g/mol. The highest BCUT2D eigenvalue weighted by Gasteiger charge is 2.09. The number of para-hydroxylation sites is 1. The molecule has 3 rings (SSSR count). The van der Waals surface area contributed by atoms with Crippen LogP contribution in [0.5, 0.6) is 0 Å². The van der Waals surface area contributed by atoms with Crippen molar-refractivity contribution < 1.29 is 0 Å². The highest BCUT2D eigenvalue weighted by atomic mass is 32.2. The largest absolute Gasteiger partial charge is 0.399 e. The Kier molecular flexibility index (Phi) is 3.16. The van der Waals surface area contributed by atoms with Crippen molar-refractivity contribution >= 4 is 17.4 Å². The lowest BCUT2D eigenvalue weighted by atomic mass is 10.3. The number of hydrogen-bond donors (Lipinski definition) is 1. The second kappa shape index (κ2) is 5.11. The summed E-state index contributed by atoms with van der Waals surface area (Å²) in [5.41, 5.74) is 7.42. The van der Waals surface area contributed by atoms with E-state index in [1.54, 1.807) is 4.68 Å². The first-order chi connectivity index (χ1) is 9.33. The van der Waals surface area contributed by atoms with Crippen molar-refractivity contribution in [2.75, 3.05) is 5.73 Å². The summed E-state index contributed by atoms with van der Waals surface area (Å²) < 4.78 is 1.70. The molecule has 0 amide bonds. The molecule has 0 bridgehead atoms. The zero-order valence-electron chi connectivity index (χ0n) is 9.97. The molecule has 0 unspecified atom stereocenters. The van der Waals surface area contributed by atoms with Gasteiger partial charge in [-0.05, 0) is 52.5 Å². The van der Waals surface area contributed by atoms with Crippen molar-refractivity contribution in [1.82, 2.24) is 20.2 Å². The van der Waals surface area contributed by atoms with Gasteiger partial charge in [0.1, 0.15) is 0 Å². The summed E-state index contributed by atoms with van der Waals surface area (Å²) in [4.78, 5) is 1.01. The average Bonchev–Trinajstić information content (AvgIpc) is 2.88. The summed E-state index contributed by atoms with van der Waals surface area (Å²) in [5, 5.41) is 12.5. The molecule has 1 heterocycles. The first-order valence-electron chi connectivity index (χ1n) is 5.70. The molecule has 5 nitrogen and oxygen atoms in total. The number of nitrogens with zero attached hydrogens (tertiary/aromatic N) is 4. The average molecular weight is 269 g/mol. The molecule has 3 aromatic rings. The van der Waals surface area contributed by atoms with Gasteiger partial charge in [0.2, 0.25) is 5.16 Å². The van der Waals surface area contributed by atoms with Gasteiger partial charge in [-0.1, -0.05) is 24.3 Å². The molecule has 0 saturated carbocycles. The van der Waals surface area contributed by atoms with Crippen LogP contribution >= 0.6 is 11.8 Å². The topological polar surface area (TPSA) is 69.6 Å². The highest BCUT2D eigenvalue weighted by molar-refractivity contribution is 7.99. The maximum atomic E-state index is 5.76. The molecule has 0 radical (unpaired) electrons. The van der Waals surface area contributed by atoms with E-state index in [4.69, 9.17) is 5.73 Å². The summed E-state index contributed by atoms with van der Waals surface area (Å²) >= 11 is 1.48. The Balaban J connectivity index is 1.93. The van der Waals surface area contributed by atoms with Crippen molar-refractivity contribution in [3.63, 3.8) is 0 Å². The molecule has 6 heteroatoms. The fraction of sp³-hybridized carbons (Fsp3) is 0. The second-order valence-electron chi connectivity index (χ2n) is 3.88. The molecule has 0 fully saturated rings. The molecule has 94 valence electrons. The van der Waals surface area contributed by atoms with Crippen LogP contribution in [-0.2, 0) is 0 Å². The number of rotatable bonds is 3. The molecule has 2 aromatic carbocycles. The van der Waals surface area contributed by atoms with E-state index < -0.39 is 0 Å². The van der Waals surface area contributed by atoms with Gasteiger partial charge in [0.05, 0.1) is 5.69 Å². The summed E-state index contributed by atoms with van der Waals surface area (Å²) in [6.07, 6.45) is 0. The fourth-order valence-electron chi connectivity index (χ4n) is 1.66. The quantitative estimate of drug-likeness (QED) is 0.739. The van der Waals surface area contributed by atoms with Crippen LogP contribution in [0.4, 0.5) is 5.69 Å². The van der Waals surface area contributed by atoms with Crippen LogP contribution in [-0.4, -0.2) is 20.2 Å². The Hall–Kier alpha value is -2.34. The van der Waals surface area contributed by atoms with E-state index >= 15 is 0 Å². The van der Waals surface area contributed by atoms with Crippen molar-refractivity contribution in [3.05, 3.63) is 54.6 Å². The Bertz CT molecular complexity index is 680. The van der Waals surface area contributed by atoms with Crippen molar-refractivity contribution in [3.8, 4) is 5.69 Å². The molecular weight excluding hydrogens is 258 g/mol. The third kappa shape index (κ3) is 2.58. The maximum Gasteiger partial charge on any atom is 0.218 e. The van der Waals surface area contributed by atoms with Crippen LogP contribution in [0.3, 0.4) is 0 Å². The summed E-state index contributed by atoms with van der Waals surface area (Å²) in [7, 11) is 0. The van der Waals surface area contributed by atoms with Gasteiger partial charge in [-0.25, -0.2) is 0 Å². The van der Waals surface area contributed by atoms with E-state index in [2.05, 4.69) is 15.5 Å². The second-order valence-corrected chi connectivity index (χ2v) is 4.92. The summed E-state index contributed by atoms with van der Waals surface area (Å²) in [5.74, 6) is 0. The van der Waals surface area contributed by atoms with Gasteiger partial charge in [0, 0.05) is 10.6 Å². The zero-order valence-corrected chi connectivity index (χ0v) is 10.8. The number of tetrazole rings is 1. The molecule has 1 aromatic heterocycles. The Labute approximate surface area is 114 Å². The molecule has 0 spiro atoms. The van der Waals surface area contributed by atoms with E-state index in [1.165, 1.54) is 11.8 Å². The number of aromatic nitrogens is 4. The van der Waals surface area contributed by atoms with Crippen LogP contribution in [0, 0.1) is 0 Å². The van der Waals surface area contributed by atoms with Crippen molar-refractivity contribution in [2.24, 2.45) is 0 Å². The lowest BCUT2D eigenvalue weighted by molar-refractivity contribution is 0.756. The number of anilines is 1. The van der Waals surface area contributed by atoms with Crippen molar-refractivity contribution in [2.45, 2.75) is 10.1 Å². The van der Waals surface area contributed by atoms with Gasteiger partial charge >= 0.3 is 0 Å². The molecule has 0 aliphatic heterocycles. The van der Waals surface area contributed by atoms with E-state index in [9.17, 15) is 0 Å². The predicted molar refractivity (Wildman–Crippen MR) is 74.1 cm³/mol. The first kappa shape index (κ1) is 11.7. The minimum Gasteiger partial charge on any atom is -0.399 e. The molecule has 0 saturated heterocycles. The Morgan fingerprint density at radius 1 is 1.00 bits per heavy atom. The number of nitrogens with two attached hydrogens (primary N) is 1. The smallest absolute Gasteiger partial charge is 0.218 e. The lowest BCUT2D eigenvalue weighted by Gasteiger charge is -2.04. The van der Waals surface area contributed by atoms with E-state index in [-0.39, 0.29) is 0 Å². The van der Waals surface area contributed by atoms with E-state index in [1.807, 2.05) is 54.6 Å². The van der Waals surface area contributed by atoms with Crippen LogP contribution in [0.15, 0.2) is 64.6 Å². The minimum atomic E-state index is 0.705.